The molecule has 5 heteroatoms. The number of carbonyl (C=O) groups excluding carboxylic acids is 2. The third-order valence-electron chi connectivity index (χ3n) is 2.29. The van der Waals surface area contributed by atoms with Crippen LogP contribution in [0.3, 0.4) is 0 Å². The molecule has 0 radical (unpaired) electrons. The predicted octanol–water partition coefficient (Wildman–Crippen LogP) is 3.63. The summed E-state index contributed by atoms with van der Waals surface area (Å²) >= 11 is 11.1. The lowest BCUT2D eigenvalue weighted by Gasteiger charge is -2.07. The van der Waals surface area contributed by atoms with Gasteiger partial charge in [0.2, 0.25) is 0 Å². The maximum absolute atomic E-state index is 11.9. The molecule has 0 aliphatic rings. The number of allylic oxidation sites excluding steroid dienone is 1. The quantitative estimate of drug-likeness (QED) is 0.456. The Morgan fingerprint density at radius 2 is 2.06 bits per heavy atom. The van der Waals surface area contributed by atoms with Crippen LogP contribution in [0.5, 0.6) is 5.75 Å². The van der Waals surface area contributed by atoms with Gasteiger partial charge in [-0.1, -0.05) is 25.1 Å². The number of Topliss-reactive ketones (excluding diaryl/α,β-unsaturated/α-hetero) is 1. The zero-order chi connectivity index (χ0) is 13.7. The first kappa shape index (κ1) is 14.7. The molecular formula is C13H12Cl2O3. The van der Waals surface area contributed by atoms with E-state index in [-0.39, 0.29) is 17.4 Å². The number of ether oxygens (including phenoxy) is 1. The molecule has 1 rings (SSSR count). The largest absolute Gasteiger partial charge is 0.484 e. The molecule has 0 aliphatic heterocycles. The maximum atomic E-state index is 11.9. The van der Waals surface area contributed by atoms with Crippen LogP contribution in [0.2, 0.25) is 5.02 Å². The normalized spacial score (nSPS) is 9.94. The molecule has 0 bridgehead atoms. The molecule has 96 valence electrons. The molecule has 0 fully saturated rings. The van der Waals surface area contributed by atoms with Gasteiger partial charge < -0.3 is 4.74 Å². The molecule has 0 amide bonds. The fourth-order valence-electron chi connectivity index (χ4n) is 1.26. The third-order valence-corrected chi connectivity index (χ3v) is 2.71. The van der Waals surface area contributed by atoms with Gasteiger partial charge in [-0.05, 0) is 41.8 Å². The summed E-state index contributed by atoms with van der Waals surface area (Å²) in [5.41, 5.74) is 0.856. The van der Waals surface area contributed by atoms with Crippen molar-refractivity contribution in [3.8, 4) is 5.75 Å². The van der Waals surface area contributed by atoms with E-state index in [9.17, 15) is 9.59 Å². The summed E-state index contributed by atoms with van der Waals surface area (Å²) < 4.78 is 5.07. The maximum Gasteiger partial charge on any atom is 0.259 e. The molecule has 0 aliphatic carbocycles. The highest BCUT2D eigenvalue weighted by molar-refractivity contribution is 6.63. The van der Waals surface area contributed by atoms with Crippen LogP contribution in [0, 0.1) is 0 Å². The van der Waals surface area contributed by atoms with E-state index in [2.05, 4.69) is 6.58 Å². The van der Waals surface area contributed by atoms with E-state index < -0.39 is 5.24 Å². The van der Waals surface area contributed by atoms with Crippen molar-refractivity contribution in [3.05, 3.63) is 40.9 Å². The van der Waals surface area contributed by atoms with Gasteiger partial charge in [0.15, 0.2) is 12.4 Å². The molecule has 0 saturated heterocycles. The minimum absolute atomic E-state index is 0.192. The van der Waals surface area contributed by atoms with Crippen LogP contribution in [0.4, 0.5) is 0 Å². The third kappa shape index (κ3) is 3.86. The molecule has 0 saturated carbocycles. The standard InChI is InChI=1S/C13H12Cl2O3/c1-3-8(2)13(17)10-5-4-9(6-11(10)14)18-7-12(15)16/h4-6H,2-3,7H2,1H3. The molecule has 0 unspecified atom stereocenters. The summed E-state index contributed by atoms with van der Waals surface area (Å²) in [6, 6.07) is 4.57. The zero-order valence-corrected chi connectivity index (χ0v) is 11.3. The Hall–Kier alpha value is -1.32. The molecule has 18 heavy (non-hydrogen) atoms. The number of ketones is 1. The van der Waals surface area contributed by atoms with Crippen molar-refractivity contribution >= 4 is 34.2 Å². The van der Waals surface area contributed by atoms with Crippen molar-refractivity contribution in [3.63, 3.8) is 0 Å². The van der Waals surface area contributed by atoms with Gasteiger partial charge in [-0.3, -0.25) is 9.59 Å². The van der Waals surface area contributed by atoms with E-state index in [0.717, 1.165) is 0 Å². The van der Waals surface area contributed by atoms with E-state index >= 15 is 0 Å². The molecule has 1 aromatic rings. The number of halogens is 2. The van der Waals surface area contributed by atoms with Crippen LogP contribution in [-0.2, 0) is 4.79 Å². The molecular weight excluding hydrogens is 275 g/mol. The minimum Gasteiger partial charge on any atom is -0.484 e. The smallest absolute Gasteiger partial charge is 0.259 e. The van der Waals surface area contributed by atoms with E-state index in [4.69, 9.17) is 27.9 Å². The molecule has 3 nitrogen and oxygen atoms in total. The summed E-state index contributed by atoms with van der Waals surface area (Å²) in [6.45, 7) is 5.27. The second kappa shape index (κ2) is 6.57. The van der Waals surface area contributed by atoms with Crippen molar-refractivity contribution in [2.24, 2.45) is 0 Å². The monoisotopic (exact) mass is 286 g/mol. The molecule has 0 heterocycles. The molecule has 0 aromatic heterocycles. The van der Waals surface area contributed by atoms with E-state index in [0.29, 0.717) is 23.3 Å². The SMILES string of the molecule is C=C(CC)C(=O)c1ccc(OCC(=O)Cl)cc1Cl. The Labute approximate surface area is 115 Å². The van der Waals surface area contributed by atoms with Gasteiger partial charge >= 0.3 is 0 Å². The van der Waals surface area contributed by atoms with Gasteiger partial charge in [-0.2, -0.15) is 0 Å². The van der Waals surface area contributed by atoms with Crippen LogP contribution in [0.1, 0.15) is 23.7 Å². The van der Waals surface area contributed by atoms with E-state index in [1.54, 1.807) is 12.1 Å². The Kier molecular flexibility index (Phi) is 5.38. The van der Waals surface area contributed by atoms with Gasteiger partial charge in [0.05, 0.1) is 5.02 Å². The van der Waals surface area contributed by atoms with Crippen LogP contribution < -0.4 is 4.74 Å². The summed E-state index contributed by atoms with van der Waals surface area (Å²) in [4.78, 5) is 22.4. The van der Waals surface area contributed by atoms with Crippen LogP contribution in [-0.4, -0.2) is 17.6 Å². The van der Waals surface area contributed by atoms with Crippen molar-refractivity contribution in [1.29, 1.82) is 0 Å². The van der Waals surface area contributed by atoms with Crippen molar-refractivity contribution in [1.82, 2.24) is 0 Å². The molecule has 0 spiro atoms. The lowest BCUT2D eigenvalue weighted by molar-refractivity contribution is -0.113. The lowest BCUT2D eigenvalue weighted by atomic mass is 10.0. The molecule has 0 atom stereocenters. The van der Waals surface area contributed by atoms with Gasteiger partial charge in [0.1, 0.15) is 5.75 Å². The number of hydrogen-bond donors (Lipinski definition) is 0. The van der Waals surface area contributed by atoms with Gasteiger partial charge in [-0.15, -0.1) is 0 Å². The lowest BCUT2D eigenvalue weighted by Crippen LogP contribution is -2.06. The second-order valence-corrected chi connectivity index (χ2v) is 4.40. The zero-order valence-electron chi connectivity index (χ0n) is 9.83. The highest BCUT2D eigenvalue weighted by Crippen LogP contribution is 2.25. The van der Waals surface area contributed by atoms with Crippen LogP contribution >= 0.6 is 23.2 Å². The average Bonchev–Trinajstić information content (AvgIpc) is 2.34. The van der Waals surface area contributed by atoms with Crippen LogP contribution in [0.15, 0.2) is 30.4 Å². The Balaban J connectivity index is 2.89. The van der Waals surface area contributed by atoms with Crippen molar-refractivity contribution < 1.29 is 14.3 Å². The highest BCUT2D eigenvalue weighted by atomic mass is 35.5. The Morgan fingerprint density at radius 1 is 1.39 bits per heavy atom. The summed E-state index contributed by atoms with van der Waals surface area (Å²) in [6.07, 6.45) is 0.564. The fraction of sp³-hybridized carbons (Fsp3) is 0.231. The summed E-state index contributed by atoms with van der Waals surface area (Å²) in [5, 5.41) is -0.347. The second-order valence-electron chi connectivity index (χ2n) is 3.57. The summed E-state index contributed by atoms with van der Waals surface area (Å²) in [5.74, 6) is 0.190. The van der Waals surface area contributed by atoms with Gasteiger partial charge in [0.25, 0.3) is 5.24 Å². The highest BCUT2D eigenvalue weighted by Gasteiger charge is 2.13. The number of carbonyl (C=O) groups is 2. The molecule has 0 N–H and O–H groups in total. The average molecular weight is 287 g/mol. The van der Waals surface area contributed by atoms with Crippen molar-refractivity contribution in [2.45, 2.75) is 13.3 Å². The van der Waals surface area contributed by atoms with Gasteiger partial charge in [-0.25, -0.2) is 0 Å². The fourth-order valence-corrected chi connectivity index (χ4v) is 1.57. The van der Waals surface area contributed by atoms with Crippen LogP contribution in [0.25, 0.3) is 0 Å². The predicted molar refractivity (Wildman–Crippen MR) is 71.6 cm³/mol. The number of benzene rings is 1. The first-order valence-corrected chi connectivity index (χ1v) is 6.04. The number of rotatable bonds is 6. The van der Waals surface area contributed by atoms with E-state index in [1.165, 1.54) is 6.07 Å². The summed E-state index contributed by atoms with van der Waals surface area (Å²) in [7, 11) is 0. The van der Waals surface area contributed by atoms with E-state index in [1.807, 2.05) is 6.92 Å². The van der Waals surface area contributed by atoms with Gasteiger partial charge in [0, 0.05) is 5.56 Å². The minimum atomic E-state index is -0.606. The Bertz CT molecular complexity index is 495. The number of hydrogen-bond acceptors (Lipinski definition) is 3. The van der Waals surface area contributed by atoms with Crippen molar-refractivity contribution in [2.75, 3.05) is 6.61 Å². The molecule has 1 aromatic carbocycles. The first-order chi connectivity index (χ1) is 8.45. The Morgan fingerprint density at radius 3 is 2.56 bits per heavy atom. The topological polar surface area (TPSA) is 43.4 Å². The first-order valence-electron chi connectivity index (χ1n) is 5.28.